The van der Waals surface area contributed by atoms with E-state index in [0.717, 1.165) is 41.3 Å². The molecule has 10 heteroatoms. The van der Waals surface area contributed by atoms with E-state index in [2.05, 4.69) is 20.4 Å². The number of nitrogens with two attached hydrogens (primary N) is 1. The second kappa shape index (κ2) is 9.76. The predicted molar refractivity (Wildman–Crippen MR) is 125 cm³/mol. The minimum atomic E-state index is -3.69. The molecule has 3 heterocycles. The molecule has 32 heavy (non-hydrogen) atoms. The van der Waals surface area contributed by atoms with E-state index in [1.165, 1.54) is 12.1 Å². The van der Waals surface area contributed by atoms with Gasteiger partial charge in [-0.1, -0.05) is 18.2 Å². The first-order chi connectivity index (χ1) is 15.4. The Labute approximate surface area is 191 Å². The van der Waals surface area contributed by atoms with Gasteiger partial charge >= 0.3 is 0 Å². The molecule has 2 aromatic heterocycles. The van der Waals surface area contributed by atoms with Crippen LogP contribution in [-0.2, 0) is 21.2 Å². The van der Waals surface area contributed by atoms with E-state index in [9.17, 15) is 13.2 Å². The van der Waals surface area contributed by atoms with Crippen LogP contribution < -0.4 is 15.4 Å². The molecule has 168 valence electrons. The smallest absolute Gasteiger partial charge is 0.238 e. The number of hydrogen-bond donors (Lipinski definition) is 2. The van der Waals surface area contributed by atoms with Gasteiger partial charge < -0.3 is 10.2 Å². The van der Waals surface area contributed by atoms with Crippen molar-refractivity contribution >= 4 is 33.1 Å². The maximum Gasteiger partial charge on any atom is 0.238 e. The van der Waals surface area contributed by atoms with Gasteiger partial charge in [0.25, 0.3) is 0 Å². The summed E-state index contributed by atoms with van der Waals surface area (Å²) in [6, 6.07) is 14.3. The van der Waals surface area contributed by atoms with E-state index in [-0.39, 0.29) is 16.7 Å². The lowest BCUT2D eigenvalue weighted by molar-refractivity contribution is -0.125. The van der Waals surface area contributed by atoms with Gasteiger partial charge in [0.1, 0.15) is 5.69 Å². The topological polar surface area (TPSA) is 118 Å². The highest BCUT2D eigenvalue weighted by molar-refractivity contribution is 7.89. The number of hydrogen-bond acceptors (Lipinski definition) is 7. The molecule has 1 atom stereocenters. The molecule has 8 nitrogen and oxygen atoms in total. The van der Waals surface area contributed by atoms with E-state index >= 15 is 0 Å². The molecule has 1 aliphatic rings. The lowest BCUT2D eigenvalue weighted by atomic mass is 9.97. The Bertz CT molecular complexity index is 1150. The number of aromatic nitrogens is 2. The fraction of sp³-hybridized carbons (Fsp3) is 0.318. The molecule has 0 saturated carbocycles. The number of rotatable bonds is 7. The van der Waals surface area contributed by atoms with Gasteiger partial charge in [-0.25, -0.2) is 13.6 Å². The Morgan fingerprint density at radius 2 is 1.97 bits per heavy atom. The molecule has 3 aromatic rings. The van der Waals surface area contributed by atoms with Crippen molar-refractivity contribution in [2.45, 2.75) is 24.2 Å². The van der Waals surface area contributed by atoms with E-state index in [0.29, 0.717) is 19.5 Å². The number of anilines is 1. The van der Waals surface area contributed by atoms with E-state index < -0.39 is 10.0 Å². The lowest BCUT2D eigenvalue weighted by Gasteiger charge is -2.32. The monoisotopic (exact) mass is 471 g/mol. The van der Waals surface area contributed by atoms with Crippen LogP contribution in [0, 0.1) is 5.92 Å². The molecule has 4 rings (SSSR count). The van der Waals surface area contributed by atoms with Crippen molar-refractivity contribution in [2.75, 3.05) is 24.5 Å². The highest BCUT2D eigenvalue weighted by Crippen LogP contribution is 2.25. The molecule has 1 unspecified atom stereocenters. The van der Waals surface area contributed by atoms with Crippen molar-refractivity contribution in [3.8, 4) is 10.6 Å². The molecule has 3 N–H and O–H groups in total. The molecular formula is C22H25N5O3S2. The molecule has 0 bridgehead atoms. The zero-order chi connectivity index (χ0) is 22.6. The second-order valence-corrected chi connectivity index (χ2v) is 10.3. The molecule has 1 aromatic carbocycles. The molecule has 1 amide bonds. The summed E-state index contributed by atoms with van der Waals surface area (Å²) >= 11 is 1.63. The zero-order valence-corrected chi connectivity index (χ0v) is 19.1. The number of carbonyl (C=O) groups is 1. The number of nitrogens with zero attached hydrogens (tertiary/aromatic N) is 3. The summed E-state index contributed by atoms with van der Waals surface area (Å²) in [7, 11) is -3.69. The van der Waals surface area contributed by atoms with Crippen LogP contribution in [0.25, 0.3) is 10.6 Å². The number of carbonyl (C=O) groups excluding carboxylic acids is 1. The van der Waals surface area contributed by atoms with Crippen LogP contribution in [0.15, 0.2) is 58.8 Å². The van der Waals surface area contributed by atoms with Crippen LogP contribution in [0.3, 0.4) is 0 Å². The molecule has 1 saturated heterocycles. The number of piperidine rings is 1. The molecule has 1 fully saturated rings. The largest absolute Gasteiger partial charge is 0.355 e. The Morgan fingerprint density at radius 3 is 2.62 bits per heavy atom. The SMILES string of the molecule is NS(=O)(=O)c1ccc(CCNC(=O)C2CCCN(c3ccc(-c4cccs4)nn3)C2)cc1. The maximum absolute atomic E-state index is 12.7. The Kier molecular flexibility index (Phi) is 6.83. The van der Waals surface area contributed by atoms with Gasteiger partial charge in [-0.3, -0.25) is 4.79 Å². The first-order valence-electron chi connectivity index (χ1n) is 10.4. The van der Waals surface area contributed by atoms with Gasteiger partial charge in [-0.05, 0) is 60.5 Å². The summed E-state index contributed by atoms with van der Waals surface area (Å²) in [5, 5.41) is 18.9. The Balaban J connectivity index is 1.29. The first kappa shape index (κ1) is 22.4. The zero-order valence-electron chi connectivity index (χ0n) is 17.5. The van der Waals surface area contributed by atoms with Crippen LogP contribution in [-0.4, -0.2) is 44.2 Å². The fourth-order valence-electron chi connectivity index (χ4n) is 3.77. The molecule has 1 aliphatic heterocycles. The third-order valence-electron chi connectivity index (χ3n) is 5.51. The minimum Gasteiger partial charge on any atom is -0.355 e. The van der Waals surface area contributed by atoms with Gasteiger partial charge in [0, 0.05) is 19.6 Å². The van der Waals surface area contributed by atoms with Crippen molar-refractivity contribution in [1.82, 2.24) is 15.5 Å². The predicted octanol–water partition coefficient (Wildman–Crippen LogP) is 2.43. The van der Waals surface area contributed by atoms with Crippen molar-refractivity contribution in [1.29, 1.82) is 0 Å². The van der Waals surface area contributed by atoms with Crippen molar-refractivity contribution in [2.24, 2.45) is 11.1 Å². The van der Waals surface area contributed by atoms with E-state index in [1.807, 2.05) is 29.6 Å². The maximum atomic E-state index is 12.7. The summed E-state index contributed by atoms with van der Waals surface area (Å²) in [4.78, 5) is 16.0. The Morgan fingerprint density at radius 1 is 1.16 bits per heavy atom. The van der Waals surface area contributed by atoms with Gasteiger partial charge in [0.2, 0.25) is 15.9 Å². The Hall–Kier alpha value is -2.82. The van der Waals surface area contributed by atoms with E-state index in [1.54, 1.807) is 23.5 Å². The lowest BCUT2D eigenvalue weighted by Crippen LogP contribution is -2.43. The first-order valence-corrected chi connectivity index (χ1v) is 12.8. The average Bonchev–Trinajstić information content (AvgIpc) is 3.34. The average molecular weight is 472 g/mol. The van der Waals surface area contributed by atoms with Crippen molar-refractivity contribution in [3.05, 3.63) is 59.5 Å². The normalized spacial score (nSPS) is 16.7. The van der Waals surface area contributed by atoms with Gasteiger partial charge in [0.15, 0.2) is 5.82 Å². The van der Waals surface area contributed by atoms with Crippen molar-refractivity contribution in [3.63, 3.8) is 0 Å². The third kappa shape index (κ3) is 5.50. The number of primary sulfonamides is 1. The number of nitrogens with one attached hydrogen (secondary N) is 1. The van der Waals surface area contributed by atoms with Crippen LogP contribution in [0.2, 0.25) is 0 Å². The van der Waals surface area contributed by atoms with Gasteiger partial charge in [0.05, 0.1) is 15.7 Å². The summed E-state index contributed by atoms with van der Waals surface area (Å²) in [5.74, 6) is 0.712. The quantitative estimate of drug-likeness (QED) is 0.546. The second-order valence-electron chi connectivity index (χ2n) is 7.77. The number of sulfonamides is 1. The highest BCUT2D eigenvalue weighted by atomic mass is 32.2. The minimum absolute atomic E-state index is 0.0269. The number of amides is 1. The van der Waals surface area contributed by atoms with Crippen molar-refractivity contribution < 1.29 is 13.2 Å². The summed E-state index contributed by atoms with van der Waals surface area (Å²) in [6.07, 6.45) is 2.37. The third-order valence-corrected chi connectivity index (χ3v) is 7.33. The summed E-state index contributed by atoms with van der Waals surface area (Å²) in [6.45, 7) is 1.95. The van der Waals surface area contributed by atoms with Crippen LogP contribution in [0.4, 0.5) is 5.82 Å². The number of benzene rings is 1. The molecule has 0 spiro atoms. The molecule has 0 radical (unpaired) electrons. The molecule has 0 aliphatic carbocycles. The molecular weight excluding hydrogens is 446 g/mol. The van der Waals surface area contributed by atoms with Gasteiger partial charge in [-0.2, -0.15) is 0 Å². The standard InChI is InChI=1S/C22H25N5O3S2/c23-32(29,30)18-7-5-16(6-8-18)11-12-24-22(28)17-3-1-13-27(15-17)21-10-9-19(25-26-21)20-4-2-14-31-20/h2,4-10,14,17H,1,3,11-13,15H2,(H,24,28)(H2,23,29,30). The van der Waals surface area contributed by atoms with Gasteiger partial charge in [-0.15, -0.1) is 21.5 Å². The van der Waals surface area contributed by atoms with Crippen LogP contribution >= 0.6 is 11.3 Å². The summed E-state index contributed by atoms with van der Waals surface area (Å²) < 4.78 is 22.7. The highest BCUT2D eigenvalue weighted by Gasteiger charge is 2.26. The number of thiophene rings is 1. The van der Waals surface area contributed by atoms with E-state index in [4.69, 9.17) is 5.14 Å². The summed E-state index contributed by atoms with van der Waals surface area (Å²) in [5.41, 5.74) is 1.79. The van der Waals surface area contributed by atoms with Crippen LogP contribution in [0.1, 0.15) is 18.4 Å². The van der Waals surface area contributed by atoms with Crippen LogP contribution in [0.5, 0.6) is 0 Å². The fourth-order valence-corrected chi connectivity index (χ4v) is 4.97.